The molecule has 0 aliphatic carbocycles. The van der Waals surface area contributed by atoms with Crippen LogP contribution in [0.15, 0.2) is 30.7 Å². The van der Waals surface area contributed by atoms with E-state index in [-0.39, 0.29) is 5.91 Å². The van der Waals surface area contributed by atoms with Crippen LogP contribution < -0.4 is 0 Å². The summed E-state index contributed by atoms with van der Waals surface area (Å²) in [5.41, 5.74) is 1.44. The highest BCUT2D eigenvalue weighted by Crippen LogP contribution is 2.24. The minimum absolute atomic E-state index is 0.0675. The Morgan fingerprint density at radius 3 is 3.04 bits per heavy atom. The maximum Gasteiger partial charge on any atom is 0.255 e. The van der Waals surface area contributed by atoms with Crippen LogP contribution in [0.25, 0.3) is 5.65 Å². The molecule has 1 aliphatic rings. The lowest BCUT2D eigenvalue weighted by atomic mass is 10.0. The normalized spacial score (nSPS) is 18.0. The molecule has 0 saturated carbocycles. The maximum atomic E-state index is 13.0. The number of rotatable bonds is 3. The Bertz CT molecular complexity index is 911. The van der Waals surface area contributed by atoms with Crippen molar-refractivity contribution >= 4 is 11.6 Å². The van der Waals surface area contributed by atoms with E-state index in [1.165, 1.54) is 0 Å². The van der Waals surface area contributed by atoms with E-state index in [4.69, 9.17) is 0 Å². The summed E-state index contributed by atoms with van der Waals surface area (Å²) in [7, 11) is 0. The lowest BCUT2D eigenvalue weighted by molar-refractivity contribution is 0.0677. The number of fused-ring (bicyclic) bond motifs is 1. The quantitative estimate of drug-likeness (QED) is 0.735. The van der Waals surface area contributed by atoms with Crippen LogP contribution >= 0.6 is 0 Å². The number of aryl methyl sites for hydroxylation is 2. The zero-order valence-electron chi connectivity index (χ0n) is 14.6. The van der Waals surface area contributed by atoms with Crippen LogP contribution in [0.2, 0.25) is 0 Å². The van der Waals surface area contributed by atoms with Gasteiger partial charge in [0, 0.05) is 38.1 Å². The molecule has 0 radical (unpaired) electrons. The van der Waals surface area contributed by atoms with Crippen molar-refractivity contribution in [1.29, 1.82) is 0 Å². The lowest BCUT2D eigenvalue weighted by Crippen LogP contribution is -2.41. The third-order valence-electron chi connectivity index (χ3n) is 4.96. The largest absolute Gasteiger partial charge is 0.337 e. The summed E-state index contributed by atoms with van der Waals surface area (Å²) >= 11 is 0. The van der Waals surface area contributed by atoms with Crippen molar-refractivity contribution in [2.24, 2.45) is 0 Å². The molecule has 3 aromatic rings. The average molecular weight is 338 g/mol. The Hall–Kier alpha value is -2.70. The minimum atomic E-state index is 0.0675. The molecule has 0 aromatic carbocycles. The number of nitrogens with zero attached hydrogens (tertiary/aromatic N) is 6. The number of hydrogen-bond acceptors (Lipinski definition) is 4. The van der Waals surface area contributed by atoms with Crippen LogP contribution in [0.4, 0.5) is 0 Å². The van der Waals surface area contributed by atoms with Crippen molar-refractivity contribution < 1.29 is 4.79 Å². The highest BCUT2D eigenvalue weighted by molar-refractivity contribution is 5.94. The summed E-state index contributed by atoms with van der Waals surface area (Å²) in [5, 5.41) is 8.13. The van der Waals surface area contributed by atoms with Gasteiger partial charge in [-0.1, -0.05) is 6.92 Å². The maximum absolute atomic E-state index is 13.0. The van der Waals surface area contributed by atoms with Gasteiger partial charge in [0.15, 0.2) is 5.65 Å². The van der Waals surface area contributed by atoms with Crippen molar-refractivity contribution in [2.75, 3.05) is 13.1 Å². The molecule has 4 rings (SSSR count). The molecule has 7 nitrogen and oxygen atoms in total. The van der Waals surface area contributed by atoms with Gasteiger partial charge >= 0.3 is 0 Å². The van der Waals surface area contributed by atoms with E-state index in [0.29, 0.717) is 11.6 Å². The van der Waals surface area contributed by atoms with Crippen LogP contribution in [0.1, 0.15) is 47.8 Å². The molecular formula is C18H22N6O. The molecule has 1 fully saturated rings. The molecule has 3 aromatic heterocycles. The molecular weight excluding hydrogens is 316 g/mol. The third kappa shape index (κ3) is 2.79. The summed E-state index contributed by atoms with van der Waals surface area (Å²) in [6.45, 7) is 5.52. The topological polar surface area (TPSA) is 68.3 Å². The Kier molecular flexibility index (Phi) is 3.99. The van der Waals surface area contributed by atoms with E-state index in [0.717, 1.165) is 49.6 Å². The number of aromatic nitrogens is 5. The molecule has 0 spiro atoms. The van der Waals surface area contributed by atoms with Crippen molar-refractivity contribution in [2.45, 2.75) is 39.2 Å². The number of piperidine rings is 1. The van der Waals surface area contributed by atoms with Crippen LogP contribution in [0, 0.1) is 6.92 Å². The van der Waals surface area contributed by atoms with Crippen molar-refractivity contribution in [3.8, 4) is 0 Å². The SMILES string of the molecule is CCc1nccn1[C@@H]1CCCN(C(=O)c2ccc3nnc(C)n3c2)C1. The summed E-state index contributed by atoms with van der Waals surface area (Å²) < 4.78 is 4.09. The van der Waals surface area contributed by atoms with Gasteiger partial charge in [-0.15, -0.1) is 10.2 Å². The Morgan fingerprint density at radius 1 is 1.32 bits per heavy atom. The molecule has 7 heteroatoms. The van der Waals surface area contributed by atoms with E-state index >= 15 is 0 Å². The first-order valence-electron chi connectivity index (χ1n) is 8.79. The smallest absolute Gasteiger partial charge is 0.255 e. The third-order valence-corrected chi connectivity index (χ3v) is 4.96. The average Bonchev–Trinajstić information content (AvgIpc) is 3.28. The Morgan fingerprint density at radius 2 is 2.20 bits per heavy atom. The summed E-state index contributed by atoms with van der Waals surface area (Å²) in [6.07, 6.45) is 8.71. The van der Waals surface area contributed by atoms with Gasteiger partial charge < -0.3 is 9.47 Å². The number of likely N-dealkylation sites (tertiary alicyclic amines) is 1. The van der Waals surface area contributed by atoms with Crippen molar-refractivity contribution in [3.05, 3.63) is 47.9 Å². The standard InChI is InChI=1S/C18H22N6O/c1-3-16-19-8-10-23(16)15-5-4-9-22(12-15)18(25)14-6-7-17-21-20-13(2)24(17)11-14/h6-8,10-11,15H,3-5,9,12H2,1-2H3/t15-/m1/s1. The zero-order valence-corrected chi connectivity index (χ0v) is 14.6. The zero-order chi connectivity index (χ0) is 17.4. The fourth-order valence-electron chi connectivity index (χ4n) is 3.63. The van der Waals surface area contributed by atoms with Crippen LogP contribution in [0.5, 0.6) is 0 Å². The van der Waals surface area contributed by atoms with Gasteiger partial charge in [0.1, 0.15) is 11.6 Å². The molecule has 1 aliphatic heterocycles. The molecule has 0 unspecified atom stereocenters. The van der Waals surface area contributed by atoms with E-state index in [1.54, 1.807) is 0 Å². The monoisotopic (exact) mass is 338 g/mol. The molecule has 1 atom stereocenters. The second-order valence-corrected chi connectivity index (χ2v) is 6.54. The van der Waals surface area contributed by atoms with Crippen LogP contribution in [-0.4, -0.2) is 48.0 Å². The number of hydrogen-bond donors (Lipinski definition) is 0. The van der Waals surface area contributed by atoms with Crippen LogP contribution in [-0.2, 0) is 6.42 Å². The molecule has 1 saturated heterocycles. The second-order valence-electron chi connectivity index (χ2n) is 6.54. The van der Waals surface area contributed by atoms with Gasteiger partial charge in [-0.05, 0) is 31.9 Å². The minimum Gasteiger partial charge on any atom is -0.337 e. The summed E-state index contributed by atoms with van der Waals surface area (Å²) in [6, 6.07) is 3.99. The fourth-order valence-corrected chi connectivity index (χ4v) is 3.63. The molecule has 0 bridgehead atoms. The summed E-state index contributed by atoms with van der Waals surface area (Å²) in [4.78, 5) is 19.4. The first-order chi connectivity index (χ1) is 12.2. The number of carbonyl (C=O) groups is 1. The highest BCUT2D eigenvalue weighted by Gasteiger charge is 2.26. The Labute approximate surface area is 146 Å². The summed E-state index contributed by atoms with van der Waals surface area (Å²) in [5.74, 6) is 1.94. The van der Waals surface area contributed by atoms with Gasteiger partial charge in [-0.2, -0.15) is 0 Å². The number of amides is 1. The molecule has 4 heterocycles. The predicted molar refractivity (Wildman–Crippen MR) is 93.5 cm³/mol. The highest BCUT2D eigenvalue weighted by atomic mass is 16.2. The first kappa shape index (κ1) is 15.8. The van der Waals surface area contributed by atoms with E-state index in [1.807, 2.05) is 46.9 Å². The van der Waals surface area contributed by atoms with Gasteiger partial charge in [-0.3, -0.25) is 9.20 Å². The van der Waals surface area contributed by atoms with E-state index in [9.17, 15) is 4.79 Å². The van der Waals surface area contributed by atoms with Crippen molar-refractivity contribution in [1.82, 2.24) is 29.0 Å². The van der Waals surface area contributed by atoms with E-state index in [2.05, 4.69) is 26.7 Å². The lowest BCUT2D eigenvalue weighted by Gasteiger charge is -2.34. The predicted octanol–water partition coefficient (Wildman–Crippen LogP) is 2.27. The van der Waals surface area contributed by atoms with Gasteiger partial charge in [0.25, 0.3) is 5.91 Å². The number of carbonyl (C=O) groups excluding carboxylic acids is 1. The number of pyridine rings is 1. The molecule has 0 N–H and O–H groups in total. The second kappa shape index (κ2) is 6.31. The molecule has 25 heavy (non-hydrogen) atoms. The number of imidazole rings is 1. The van der Waals surface area contributed by atoms with Gasteiger partial charge in [0.2, 0.25) is 0 Å². The molecule has 1 amide bonds. The Balaban J connectivity index is 1.57. The van der Waals surface area contributed by atoms with Crippen LogP contribution in [0.3, 0.4) is 0 Å². The van der Waals surface area contributed by atoms with Gasteiger partial charge in [0.05, 0.1) is 11.6 Å². The first-order valence-corrected chi connectivity index (χ1v) is 8.79. The van der Waals surface area contributed by atoms with Crippen molar-refractivity contribution in [3.63, 3.8) is 0 Å². The fraction of sp³-hybridized carbons (Fsp3) is 0.444. The molecule has 130 valence electrons. The van der Waals surface area contributed by atoms with E-state index < -0.39 is 0 Å². The van der Waals surface area contributed by atoms with Gasteiger partial charge in [-0.25, -0.2) is 4.98 Å².